The zero-order chi connectivity index (χ0) is 28.9. The van der Waals surface area contributed by atoms with Crippen LogP contribution >= 0.6 is 11.6 Å². The minimum Gasteiger partial charge on any atom is -0.465 e. The van der Waals surface area contributed by atoms with E-state index in [4.69, 9.17) is 23.4 Å². The topological polar surface area (TPSA) is 108 Å². The first-order valence-corrected chi connectivity index (χ1v) is 11.3. The molecule has 0 aliphatic rings. The van der Waals surface area contributed by atoms with Crippen molar-refractivity contribution in [2.75, 3.05) is 19.0 Å². The molecule has 0 aliphatic carbocycles. The van der Waals surface area contributed by atoms with Crippen LogP contribution in [0.25, 0.3) is 0 Å². The summed E-state index contributed by atoms with van der Waals surface area (Å²) in [7, 11) is 1.11. The Bertz CT molecular complexity index is 1530. The molecular formula is C27H18ClF4N3O4. The van der Waals surface area contributed by atoms with Gasteiger partial charge < -0.3 is 15.4 Å². The number of alkyl halides is 3. The quantitative estimate of drug-likeness (QED) is 0.158. The van der Waals surface area contributed by atoms with E-state index in [9.17, 15) is 31.9 Å². The van der Waals surface area contributed by atoms with Crippen molar-refractivity contribution in [3.63, 3.8) is 0 Å². The lowest BCUT2D eigenvalue weighted by Crippen LogP contribution is -2.25. The molecule has 0 aromatic heterocycles. The number of rotatable bonds is 7. The fourth-order valence-corrected chi connectivity index (χ4v) is 3.78. The lowest BCUT2D eigenvalue weighted by molar-refractivity contribution is -0.137. The normalized spacial score (nSPS) is 10.8. The molecule has 0 bridgehead atoms. The molecule has 0 heterocycles. The summed E-state index contributed by atoms with van der Waals surface area (Å²) in [6.07, 6.45) is 0.218. The number of esters is 1. The van der Waals surface area contributed by atoms with Gasteiger partial charge in [0.2, 0.25) is 0 Å². The van der Waals surface area contributed by atoms with E-state index in [2.05, 4.69) is 21.3 Å². The van der Waals surface area contributed by atoms with Gasteiger partial charge in [0.05, 0.1) is 46.8 Å². The Morgan fingerprint density at radius 2 is 1.69 bits per heavy atom. The molecule has 3 aromatic rings. The molecule has 12 heteroatoms. The number of amides is 2. The maximum atomic E-state index is 14.9. The van der Waals surface area contributed by atoms with Gasteiger partial charge in [-0.1, -0.05) is 23.6 Å². The average molecular weight is 560 g/mol. The molecule has 0 radical (unpaired) electrons. The molecule has 0 atom stereocenters. The van der Waals surface area contributed by atoms with Crippen molar-refractivity contribution in [2.24, 2.45) is 0 Å². The molecule has 3 aromatic carbocycles. The number of methoxy groups -OCH3 is 1. The van der Waals surface area contributed by atoms with E-state index in [0.29, 0.717) is 6.07 Å². The second kappa shape index (κ2) is 11.8. The summed E-state index contributed by atoms with van der Waals surface area (Å²) >= 11 is 5.93. The van der Waals surface area contributed by atoms with Crippen LogP contribution in [-0.2, 0) is 10.9 Å². The van der Waals surface area contributed by atoms with Gasteiger partial charge >= 0.3 is 12.1 Å². The number of carbonyl (C=O) groups excluding carboxylic acids is 3. The zero-order valence-corrected chi connectivity index (χ0v) is 20.8. The highest BCUT2D eigenvalue weighted by molar-refractivity contribution is 6.35. The molecule has 0 saturated carbocycles. The fraction of sp³-hybridized carbons (Fsp3) is 0.111. The summed E-state index contributed by atoms with van der Waals surface area (Å²) in [6.45, 7) is -0.135. The molecule has 0 saturated heterocycles. The van der Waals surface area contributed by atoms with Crippen LogP contribution < -0.4 is 10.6 Å². The third kappa shape index (κ3) is 6.42. The number of ether oxygens (including phenoxy) is 1. The van der Waals surface area contributed by atoms with Crippen molar-refractivity contribution in [1.29, 1.82) is 5.41 Å². The number of hydrogen-bond donors (Lipinski definition) is 3. The Morgan fingerprint density at radius 1 is 1.03 bits per heavy atom. The molecule has 0 aliphatic heterocycles. The highest BCUT2D eigenvalue weighted by Crippen LogP contribution is 2.35. The van der Waals surface area contributed by atoms with Crippen LogP contribution in [-0.4, -0.2) is 37.1 Å². The van der Waals surface area contributed by atoms with Crippen molar-refractivity contribution in [3.05, 3.63) is 98.8 Å². The van der Waals surface area contributed by atoms with Crippen LogP contribution in [0.2, 0.25) is 5.02 Å². The van der Waals surface area contributed by atoms with Gasteiger partial charge in [-0.2, -0.15) is 13.2 Å². The number of nitrogens with one attached hydrogen (secondary N) is 3. The number of benzene rings is 3. The highest BCUT2D eigenvalue weighted by Gasteiger charge is 2.36. The molecule has 0 unspecified atom stereocenters. The van der Waals surface area contributed by atoms with Crippen molar-refractivity contribution in [2.45, 2.75) is 6.18 Å². The first-order chi connectivity index (χ1) is 18.4. The van der Waals surface area contributed by atoms with Crippen molar-refractivity contribution >= 4 is 40.8 Å². The van der Waals surface area contributed by atoms with Gasteiger partial charge in [0.1, 0.15) is 5.82 Å². The summed E-state index contributed by atoms with van der Waals surface area (Å²) in [5.74, 6) is -1.56. The maximum Gasteiger partial charge on any atom is 0.417 e. The summed E-state index contributed by atoms with van der Waals surface area (Å²) in [5, 5.41) is 12.7. The SMILES string of the molecule is C#CCNC(=O)c1ccc(C(=N)c2ccc(C(=O)OC)cc2F)c(NC(=O)c2c(Cl)cccc2C(F)(F)F)c1. The smallest absolute Gasteiger partial charge is 0.417 e. The lowest BCUT2D eigenvalue weighted by atomic mass is 9.97. The molecule has 7 nitrogen and oxygen atoms in total. The Morgan fingerprint density at radius 3 is 2.31 bits per heavy atom. The number of halogens is 5. The molecule has 3 rings (SSSR count). The molecule has 200 valence electrons. The standard InChI is InChI=1S/C27H18ClF4N3O4/c1-3-11-34-24(36)14-7-10-17(23(33)16-9-8-15(12-20(16)29)26(38)39-2)21(13-14)35-25(37)22-18(27(30,31)32)5-4-6-19(22)28/h1,4-10,12-13,33H,11H2,2H3,(H,34,36)(H,35,37). The second-order valence-electron chi connectivity index (χ2n) is 7.82. The van der Waals surface area contributed by atoms with Gasteiger partial charge in [-0.05, 0) is 48.5 Å². The van der Waals surface area contributed by atoms with E-state index < -0.39 is 51.6 Å². The zero-order valence-electron chi connectivity index (χ0n) is 20.0. The van der Waals surface area contributed by atoms with E-state index in [1.807, 2.05) is 0 Å². The average Bonchev–Trinajstić information content (AvgIpc) is 2.90. The van der Waals surface area contributed by atoms with Gasteiger partial charge in [-0.25, -0.2) is 9.18 Å². The Hall–Kier alpha value is -4.69. The van der Waals surface area contributed by atoms with Crippen molar-refractivity contribution < 1.29 is 36.7 Å². The molecule has 0 fully saturated rings. The predicted molar refractivity (Wildman–Crippen MR) is 136 cm³/mol. The van der Waals surface area contributed by atoms with Gasteiger partial charge in [0, 0.05) is 16.7 Å². The van der Waals surface area contributed by atoms with Crippen LogP contribution in [0.4, 0.5) is 23.2 Å². The van der Waals surface area contributed by atoms with Gasteiger partial charge in [-0.3, -0.25) is 15.0 Å². The van der Waals surface area contributed by atoms with Gasteiger partial charge in [0.25, 0.3) is 11.8 Å². The summed E-state index contributed by atoms with van der Waals surface area (Å²) in [6, 6.07) is 9.52. The third-order valence-corrected chi connectivity index (χ3v) is 5.67. The van der Waals surface area contributed by atoms with Crippen LogP contribution in [0.1, 0.15) is 47.8 Å². The molecule has 2 amide bonds. The van der Waals surface area contributed by atoms with E-state index >= 15 is 0 Å². The minimum atomic E-state index is -4.92. The van der Waals surface area contributed by atoms with Crippen LogP contribution in [0.5, 0.6) is 0 Å². The second-order valence-corrected chi connectivity index (χ2v) is 8.23. The predicted octanol–water partition coefficient (Wildman–Crippen LogP) is 5.32. The van der Waals surface area contributed by atoms with E-state index in [1.165, 1.54) is 18.2 Å². The molecular weight excluding hydrogens is 542 g/mol. The fourth-order valence-electron chi connectivity index (χ4n) is 3.52. The largest absolute Gasteiger partial charge is 0.465 e. The number of hydrogen-bond acceptors (Lipinski definition) is 5. The Kier molecular flexibility index (Phi) is 8.73. The monoisotopic (exact) mass is 559 g/mol. The van der Waals surface area contributed by atoms with Gasteiger partial charge in [-0.15, -0.1) is 6.42 Å². The first-order valence-electron chi connectivity index (χ1n) is 10.9. The maximum absolute atomic E-state index is 14.9. The van der Waals surface area contributed by atoms with Gasteiger partial charge in [0.15, 0.2) is 0 Å². The summed E-state index contributed by atoms with van der Waals surface area (Å²) in [5.41, 5.74) is -3.64. The van der Waals surface area contributed by atoms with Crippen LogP contribution in [0, 0.1) is 23.6 Å². The summed E-state index contributed by atoms with van der Waals surface area (Å²) < 4.78 is 60.2. The minimum absolute atomic E-state index is 0.0613. The third-order valence-electron chi connectivity index (χ3n) is 5.36. The lowest BCUT2D eigenvalue weighted by Gasteiger charge is -2.17. The Balaban J connectivity index is 2.11. The molecule has 39 heavy (non-hydrogen) atoms. The van der Waals surface area contributed by atoms with E-state index in [-0.39, 0.29) is 34.5 Å². The van der Waals surface area contributed by atoms with Crippen LogP contribution in [0.3, 0.4) is 0 Å². The molecule has 0 spiro atoms. The number of carbonyl (C=O) groups is 3. The number of terminal acetylenes is 1. The van der Waals surface area contributed by atoms with Crippen LogP contribution in [0.15, 0.2) is 54.6 Å². The first kappa shape index (κ1) is 28.9. The highest BCUT2D eigenvalue weighted by atomic mass is 35.5. The van der Waals surface area contributed by atoms with Crippen molar-refractivity contribution in [1.82, 2.24) is 5.32 Å². The van der Waals surface area contributed by atoms with E-state index in [0.717, 1.165) is 37.4 Å². The van der Waals surface area contributed by atoms with E-state index in [1.54, 1.807) is 0 Å². The van der Waals surface area contributed by atoms with Crippen molar-refractivity contribution in [3.8, 4) is 12.3 Å². The molecule has 3 N–H and O–H groups in total. The Labute approximate surface area is 224 Å². The number of anilines is 1. The summed E-state index contributed by atoms with van der Waals surface area (Å²) in [4.78, 5) is 37.2.